The number of hydrogen-bond donors (Lipinski definition) is 2. The Kier molecular flexibility index (Phi) is 3.51. The number of halogens is 2. The topological polar surface area (TPSA) is 64.7 Å². The van der Waals surface area contributed by atoms with Crippen LogP contribution >= 0.6 is 11.6 Å². The van der Waals surface area contributed by atoms with Crippen molar-refractivity contribution in [2.75, 3.05) is 7.11 Å². The van der Waals surface area contributed by atoms with Gasteiger partial charge in [-0.25, -0.2) is 10.3 Å². The molecule has 6 heteroatoms. The first-order valence-electron chi connectivity index (χ1n) is 3.67. The fraction of sp³-hybridized carbons (Fsp3) is 0.250. The highest BCUT2D eigenvalue weighted by Crippen LogP contribution is 2.37. The summed E-state index contributed by atoms with van der Waals surface area (Å²) in [6.45, 7) is -0.0812. The van der Waals surface area contributed by atoms with Gasteiger partial charge in [0, 0.05) is 5.56 Å². The SMILES string of the molecule is COc1c(O)c(CON)cc(Cl)c1F. The minimum atomic E-state index is -0.813. The molecule has 0 aliphatic rings. The number of hydrogen-bond acceptors (Lipinski definition) is 4. The van der Waals surface area contributed by atoms with Crippen LogP contribution in [0.25, 0.3) is 0 Å². The van der Waals surface area contributed by atoms with E-state index in [0.717, 1.165) is 0 Å². The fourth-order valence-electron chi connectivity index (χ4n) is 1.03. The van der Waals surface area contributed by atoms with Crippen molar-refractivity contribution in [1.29, 1.82) is 0 Å². The van der Waals surface area contributed by atoms with Crippen LogP contribution in [0, 0.1) is 5.82 Å². The number of methoxy groups -OCH3 is 1. The molecule has 0 fully saturated rings. The minimum absolute atomic E-state index is 0.0812. The van der Waals surface area contributed by atoms with Gasteiger partial charge in [0.05, 0.1) is 18.7 Å². The van der Waals surface area contributed by atoms with Gasteiger partial charge in [-0.3, -0.25) is 4.84 Å². The van der Waals surface area contributed by atoms with Gasteiger partial charge in [0.15, 0.2) is 17.3 Å². The van der Waals surface area contributed by atoms with Crippen LogP contribution in [0.2, 0.25) is 5.02 Å². The summed E-state index contributed by atoms with van der Waals surface area (Å²) in [4.78, 5) is 4.31. The van der Waals surface area contributed by atoms with E-state index in [0.29, 0.717) is 0 Å². The summed E-state index contributed by atoms with van der Waals surface area (Å²) < 4.78 is 17.8. The number of benzene rings is 1. The average Bonchev–Trinajstić information content (AvgIpc) is 2.16. The lowest BCUT2D eigenvalue weighted by Crippen LogP contribution is -2.01. The second-order valence-corrected chi connectivity index (χ2v) is 2.93. The Hall–Kier alpha value is -1.04. The van der Waals surface area contributed by atoms with Gasteiger partial charge in [0.1, 0.15) is 0 Å². The van der Waals surface area contributed by atoms with Crippen molar-refractivity contribution in [3.8, 4) is 11.5 Å². The molecule has 0 aliphatic carbocycles. The minimum Gasteiger partial charge on any atom is -0.504 e. The second kappa shape index (κ2) is 4.45. The van der Waals surface area contributed by atoms with Crippen molar-refractivity contribution in [1.82, 2.24) is 0 Å². The van der Waals surface area contributed by atoms with E-state index >= 15 is 0 Å². The van der Waals surface area contributed by atoms with Crippen LogP contribution < -0.4 is 10.6 Å². The summed E-state index contributed by atoms with van der Waals surface area (Å²) in [6, 6.07) is 1.22. The lowest BCUT2D eigenvalue weighted by molar-refractivity contribution is 0.121. The van der Waals surface area contributed by atoms with E-state index in [1.807, 2.05) is 0 Å². The highest BCUT2D eigenvalue weighted by Gasteiger charge is 2.17. The Morgan fingerprint density at radius 1 is 1.64 bits per heavy atom. The number of rotatable bonds is 3. The number of phenolic OH excluding ortho intramolecular Hbond substituents is 1. The van der Waals surface area contributed by atoms with Gasteiger partial charge < -0.3 is 9.84 Å². The molecule has 0 saturated carbocycles. The van der Waals surface area contributed by atoms with Crippen molar-refractivity contribution >= 4 is 11.6 Å². The van der Waals surface area contributed by atoms with E-state index in [1.165, 1.54) is 13.2 Å². The standard InChI is InChI=1S/C8H9ClFNO3/c1-13-8-6(10)5(9)2-4(3-14-11)7(8)12/h2,12H,3,11H2,1H3. The van der Waals surface area contributed by atoms with Crippen LogP contribution in [0.5, 0.6) is 11.5 Å². The fourth-order valence-corrected chi connectivity index (χ4v) is 1.25. The van der Waals surface area contributed by atoms with Gasteiger partial charge in [0.25, 0.3) is 0 Å². The molecule has 1 aromatic rings. The molecule has 4 nitrogen and oxygen atoms in total. The predicted molar refractivity (Wildman–Crippen MR) is 48.6 cm³/mol. The summed E-state index contributed by atoms with van der Waals surface area (Å²) in [6.07, 6.45) is 0. The van der Waals surface area contributed by atoms with Gasteiger partial charge in [-0.1, -0.05) is 11.6 Å². The third kappa shape index (κ3) is 1.89. The Bertz CT molecular complexity index is 346. The summed E-state index contributed by atoms with van der Waals surface area (Å²) in [5.41, 5.74) is 0.260. The molecule has 1 rings (SSSR count). The van der Waals surface area contributed by atoms with Crippen molar-refractivity contribution < 1.29 is 19.1 Å². The lowest BCUT2D eigenvalue weighted by atomic mass is 10.2. The summed E-state index contributed by atoms with van der Waals surface area (Å²) >= 11 is 5.54. The molecule has 0 atom stereocenters. The zero-order chi connectivity index (χ0) is 10.7. The molecule has 3 N–H and O–H groups in total. The lowest BCUT2D eigenvalue weighted by Gasteiger charge is -2.10. The normalized spacial score (nSPS) is 10.3. The molecule has 0 radical (unpaired) electrons. The molecule has 0 spiro atoms. The molecule has 0 amide bonds. The van der Waals surface area contributed by atoms with E-state index in [2.05, 4.69) is 9.57 Å². The van der Waals surface area contributed by atoms with Crippen LogP contribution in [-0.2, 0) is 11.4 Å². The van der Waals surface area contributed by atoms with Gasteiger partial charge in [0.2, 0.25) is 0 Å². The zero-order valence-corrected chi connectivity index (χ0v) is 8.14. The molecular weight excluding hydrogens is 213 g/mol. The summed E-state index contributed by atoms with van der Waals surface area (Å²) in [7, 11) is 1.22. The molecule has 0 unspecified atom stereocenters. The van der Waals surface area contributed by atoms with Crippen molar-refractivity contribution in [3.63, 3.8) is 0 Å². The first-order chi connectivity index (χ1) is 6.61. The molecule has 0 bridgehead atoms. The third-order valence-electron chi connectivity index (χ3n) is 1.67. The Morgan fingerprint density at radius 2 is 2.29 bits per heavy atom. The van der Waals surface area contributed by atoms with Crippen molar-refractivity contribution in [2.24, 2.45) is 5.90 Å². The molecule has 0 heterocycles. The molecule has 14 heavy (non-hydrogen) atoms. The van der Waals surface area contributed by atoms with E-state index in [-0.39, 0.29) is 28.7 Å². The highest BCUT2D eigenvalue weighted by molar-refractivity contribution is 6.31. The van der Waals surface area contributed by atoms with E-state index in [9.17, 15) is 9.50 Å². The summed E-state index contributed by atoms with van der Waals surface area (Å²) in [5.74, 6) is 3.33. The number of phenols is 1. The zero-order valence-electron chi connectivity index (χ0n) is 7.38. The molecule has 0 aliphatic heterocycles. The number of nitrogens with two attached hydrogens (primary N) is 1. The van der Waals surface area contributed by atoms with Gasteiger partial charge >= 0.3 is 0 Å². The van der Waals surface area contributed by atoms with Crippen LogP contribution in [0.4, 0.5) is 4.39 Å². The van der Waals surface area contributed by atoms with E-state index in [4.69, 9.17) is 17.5 Å². The molecular formula is C8H9ClFNO3. The first-order valence-corrected chi connectivity index (χ1v) is 4.05. The van der Waals surface area contributed by atoms with Crippen LogP contribution in [0.3, 0.4) is 0 Å². The Labute approximate surface area is 84.9 Å². The number of ether oxygens (including phenoxy) is 1. The maximum atomic E-state index is 13.2. The molecule has 78 valence electrons. The third-order valence-corrected chi connectivity index (χ3v) is 1.95. The Balaban J connectivity index is 3.27. The predicted octanol–water partition coefficient (Wildman–Crippen LogP) is 1.58. The number of aromatic hydroxyl groups is 1. The summed E-state index contributed by atoms with van der Waals surface area (Å²) in [5, 5.41) is 9.31. The highest BCUT2D eigenvalue weighted by atomic mass is 35.5. The quantitative estimate of drug-likeness (QED) is 0.761. The average molecular weight is 222 g/mol. The molecule has 1 aromatic carbocycles. The van der Waals surface area contributed by atoms with Gasteiger partial charge in [-0.2, -0.15) is 0 Å². The van der Waals surface area contributed by atoms with E-state index in [1.54, 1.807) is 0 Å². The molecule has 0 aromatic heterocycles. The second-order valence-electron chi connectivity index (χ2n) is 2.52. The van der Waals surface area contributed by atoms with E-state index < -0.39 is 5.82 Å². The first kappa shape index (κ1) is 11.0. The van der Waals surface area contributed by atoms with Crippen molar-refractivity contribution in [2.45, 2.75) is 6.61 Å². The van der Waals surface area contributed by atoms with Crippen molar-refractivity contribution in [3.05, 3.63) is 22.5 Å². The smallest absolute Gasteiger partial charge is 0.198 e. The monoisotopic (exact) mass is 221 g/mol. The van der Waals surface area contributed by atoms with Crippen LogP contribution in [-0.4, -0.2) is 12.2 Å². The van der Waals surface area contributed by atoms with Gasteiger partial charge in [-0.15, -0.1) is 0 Å². The largest absolute Gasteiger partial charge is 0.504 e. The Morgan fingerprint density at radius 3 is 2.79 bits per heavy atom. The van der Waals surface area contributed by atoms with Gasteiger partial charge in [-0.05, 0) is 6.07 Å². The van der Waals surface area contributed by atoms with Crippen LogP contribution in [0.15, 0.2) is 6.07 Å². The van der Waals surface area contributed by atoms with Crippen LogP contribution in [0.1, 0.15) is 5.56 Å². The maximum Gasteiger partial charge on any atom is 0.198 e. The molecule has 0 saturated heterocycles. The maximum absolute atomic E-state index is 13.2.